The van der Waals surface area contributed by atoms with Crippen LogP contribution in [0.4, 0.5) is 0 Å². The summed E-state index contributed by atoms with van der Waals surface area (Å²) < 4.78 is 10.5. The highest BCUT2D eigenvalue weighted by molar-refractivity contribution is 5.95. The number of hydrogen-bond donors (Lipinski definition) is 2. The second-order valence-electron chi connectivity index (χ2n) is 5.78. The van der Waals surface area contributed by atoms with Crippen LogP contribution in [0, 0.1) is 11.3 Å². The van der Waals surface area contributed by atoms with Gasteiger partial charge in [-0.25, -0.2) is 4.79 Å². The second-order valence-corrected chi connectivity index (χ2v) is 5.78. The van der Waals surface area contributed by atoms with Gasteiger partial charge >= 0.3 is 5.97 Å². The lowest BCUT2D eigenvalue weighted by atomic mass is 10.2. The maximum Gasteiger partial charge on any atom is 0.347 e. The number of esters is 1. The molecule has 0 aliphatic heterocycles. The third-order valence-electron chi connectivity index (χ3n) is 3.63. The van der Waals surface area contributed by atoms with Gasteiger partial charge in [-0.3, -0.25) is 20.4 Å². The van der Waals surface area contributed by atoms with E-state index in [1.807, 2.05) is 6.07 Å². The van der Waals surface area contributed by atoms with E-state index in [0.29, 0.717) is 16.9 Å². The Morgan fingerprint density at radius 2 is 1.57 bits per heavy atom. The Kier molecular flexibility index (Phi) is 7.11. The molecule has 2 amide bonds. The van der Waals surface area contributed by atoms with Gasteiger partial charge in [0, 0.05) is 5.56 Å². The molecule has 8 nitrogen and oxygen atoms in total. The van der Waals surface area contributed by atoms with Crippen LogP contribution >= 0.6 is 0 Å². The summed E-state index contributed by atoms with van der Waals surface area (Å²) in [5, 5.41) is 8.76. The largest absolute Gasteiger partial charge is 0.479 e. The zero-order valence-corrected chi connectivity index (χ0v) is 15.3. The lowest BCUT2D eigenvalue weighted by Crippen LogP contribution is -2.47. The van der Waals surface area contributed by atoms with Gasteiger partial charge in [0.05, 0.1) is 11.6 Å². The first-order valence-corrected chi connectivity index (χ1v) is 8.43. The molecule has 0 saturated carbocycles. The first kappa shape index (κ1) is 20.5. The van der Waals surface area contributed by atoms with Crippen molar-refractivity contribution in [2.75, 3.05) is 0 Å². The predicted octanol–water partition coefficient (Wildman–Crippen LogP) is 1.72. The molecule has 0 aliphatic carbocycles. The average Bonchev–Trinajstić information content (AvgIpc) is 2.72. The number of nitrogens with zero attached hydrogens (tertiary/aromatic N) is 1. The van der Waals surface area contributed by atoms with E-state index in [-0.39, 0.29) is 0 Å². The zero-order valence-electron chi connectivity index (χ0n) is 15.3. The number of rotatable bonds is 6. The SMILES string of the molecule is C[C@H](OC(=O)[C@H](C)Oc1ccc(C#N)cc1)C(=O)NNC(=O)c1ccccc1. The molecule has 2 atom stereocenters. The zero-order chi connectivity index (χ0) is 20.5. The fourth-order valence-electron chi connectivity index (χ4n) is 2.07. The van der Waals surface area contributed by atoms with Crippen LogP contribution in [0.3, 0.4) is 0 Å². The summed E-state index contributed by atoms with van der Waals surface area (Å²) in [5.41, 5.74) is 5.28. The van der Waals surface area contributed by atoms with E-state index in [2.05, 4.69) is 10.9 Å². The molecule has 0 aliphatic rings. The van der Waals surface area contributed by atoms with Gasteiger partial charge in [-0.1, -0.05) is 18.2 Å². The highest BCUT2D eigenvalue weighted by atomic mass is 16.6. The van der Waals surface area contributed by atoms with Crippen LogP contribution in [-0.2, 0) is 14.3 Å². The number of carbonyl (C=O) groups excluding carboxylic acids is 3. The monoisotopic (exact) mass is 381 g/mol. The molecule has 2 rings (SSSR count). The normalized spacial score (nSPS) is 12.0. The van der Waals surface area contributed by atoms with Gasteiger partial charge in [-0.05, 0) is 50.2 Å². The minimum absolute atomic E-state index is 0.372. The molecular formula is C20H19N3O5. The minimum Gasteiger partial charge on any atom is -0.479 e. The number of benzene rings is 2. The number of nitriles is 1. The molecule has 0 bridgehead atoms. The van der Waals surface area contributed by atoms with Gasteiger partial charge in [0.15, 0.2) is 12.2 Å². The van der Waals surface area contributed by atoms with Gasteiger partial charge < -0.3 is 9.47 Å². The van der Waals surface area contributed by atoms with Gasteiger partial charge in [0.25, 0.3) is 11.8 Å². The van der Waals surface area contributed by atoms with Crippen LogP contribution in [0.5, 0.6) is 5.75 Å². The summed E-state index contributed by atoms with van der Waals surface area (Å²) in [5.74, 6) is -1.55. The average molecular weight is 381 g/mol. The molecular weight excluding hydrogens is 362 g/mol. The maximum absolute atomic E-state index is 12.1. The molecule has 0 aromatic heterocycles. The summed E-state index contributed by atoms with van der Waals surface area (Å²) in [7, 11) is 0. The fraction of sp³-hybridized carbons (Fsp3) is 0.200. The summed E-state index contributed by atoms with van der Waals surface area (Å²) >= 11 is 0. The van der Waals surface area contributed by atoms with Crippen LogP contribution in [0.25, 0.3) is 0 Å². The topological polar surface area (TPSA) is 118 Å². The van der Waals surface area contributed by atoms with Crippen LogP contribution < -0.4 is 15.6 Å². The number of nitrogens with one attached hydrogen (secondary N) is 2. The lowest BCUT2D eigenvalue weighted by Gasteiger charge is -2.18. The number of ether oxygens (including phenoxy) is 2. The summed E-state index contributed by atoms with van der Waals surface area (Å²) in [6.07, 6.45) is -2.11. The van der Waals surface area contributed by atoms with E-state index in [1.165, 1.54) is 13.8 Å². The van der Waals surface area contributed by atoms with Gasteiger partial charge in [0.2, 0.25) is 0 Å². The van der Waals surface area contributed by atoms with E-state index in [1.54, 1.807) is 54.6 Å². The van der Waals surface area contributed by atoms with Crippen molar-refractivity contribution in [2.24, 2.45) is 0 Å². The van der Waals surface area contributed by atoms with Crippen molar-refractivity contribution in [2.45, 2.75) is 26.1 Å². The molecule has 0 heterocycles. The summed E-state index contributed by atoms with van der Waals surface area (Å²) in [4.78, 5) is 35.9. The van der Waals surface area contributed by atoms with Gasteiger partial charge in [-0.2, -0.15) is 5.26 Å². The Morgan fingerprint density at radius 1 is 0.929 bits per heavy atom. The van der Waals surface area contributed by atoms with E-state index >= 15 is 0 Å². The van der Waals surface area contributed by atoms with Crippen molar-refractivity contribution in [1.29, 1.82) is 5.26 Å². The smallest absolute Gasteiger partial charge is 0.347 e. The number of carbonyl (C=O) groups is 3. The first-order valence-electron chi connectivity index (χ1n) is 8.43. The van der Waals surface area contributed by atoms with Crippen LogP contribution in [-0.4, -0.2) is 30.0 Å². The van der Waals surface area contributed by atoms with Crippen LogP contribution in [0.1, 0.15) is 29.8 Å². The Morgan fingerprint density at radius 3 is 2.18 bits per heavy atom. The van der Waals surface area contributed by atoms with E-state index < -0.39 is 30.0 Å². The molecule has 144 valence electrons. The predicted molar refractivity (Wildman–Crippen MR) is 98.9 cm³/mol. The molecule has 2 N–H and O–H groups in total. The Hall–Kier alpha value is -3.86. The maximum atomic E-state index is 12.1. The van der Waals surface area contributed by atoms with Crippen molar-refractivity contribution in [3.8, 4) is 11.8 Å². The molecule has 2 aromatic carbocycles. The summed E-state index contributed by atoms with van der Waals surface area (Å²) in [6, 6.07) is 16.5. The molecule has 0 unspecified atom stereocenters. The van der Waals surface area contributed by atoms with Crippen molar-refractivity contribution in [3.63, 3.8) is 0 Å². The van der Waals surface area contributed by atoms with Gasteiger partial charge in [-0.15, -0.1) is 0 Å². The number of hydrazine groups is 1. The minimum atomic E-state index is -1.14. The quantitative estimate of drug-likeness (QED) is 0.581. The molecule has 0 saturated heterocycles. The van der Waals surface area contributed by atoms with E-state index in [4.69, 9.17) is 14.7 Å². The molecule has 8 heteroatoms. The lowest BCUT2D eigenvalue weighted by molar-refractivity contribution is -0.161. The fourth-order valence-corrected chi connectivity index (χ4v) is 2.07. The van der Waals surface area contributed by atoms with Crippen molar-refractivity contribution in [3.05, 3.63) is 65.7 Å². The third-order valence-corrected chi connectivity index (χ3v) is 3.63. The number of amides is 2. The second kappa shape index (κ2) is 9.73. The van der Waals surface area contributed by atoms with Crippen molar-refractivity contribution in [1.82, 2.24) is 10.9 Å². The molecule has 28 heavy (non-hydrogen) atoms. The highest BCUT2D eigenvalue weighted by Gasteiger charge is 2.23. The van der Waals surface area contributed by atoms with E-state index in [9.17, 15) is 14.4 Å². The molecule has 0 fully saturated rings. The standard InChI is InChI=1S/C20H19N3O5/c1-13(18(24)22-23-19(25)16-6-4-3-5-7-16)28-20(26)14(2)27-17-10-8-15(12-21)9-11-17/h3-11,13-14H,1-2H3,(H,22,24)(H,23,25)/t13-,14-/m0/s1. The molecule has 0 radical (unpaired) electrons. The van der Waals surface area contributed by atoms with Gasteiger partial charge in [0.1, 0.15) is 5.75 Å². The highest BCUT2D eigenvalue weighted by Crippen LogP contribution is 2.14. The summed E-state index contributed by atoms with van der Waals surface area (Å²) in [6.45, 7) is 2.85. The van der Waals surface area contributed by atoms with E-state index in [0.717, 1.165) is 0 Å². The Bertz CT molecular complexity index is 875. The number of hydrogen-bond acceptors (Lipinski definition) is 6. The Balaban J connectivity index is 1.80. The van der Waals surface area contributed by atoms with Crippen LogP contribution in [0.2, 0.25) is 0 Å². The van der Waals surface area contributed by atoms with Crippen LogP contribution in [0.15, 0.2) is 54.6 Å². The third kappa shape index (κ3) is 5.85. The molecule has 2 aromatic rings. The first-order chi connectivity index (χ1) is 13.4. The van der Waals surface area contributed by atoms with Crippen molar-refractivity contribution >= 4 is 17.8 Å². The Labute approximate surface area is 162 Å². The molecule has 0 spiro atoms. The van der Waals surface area contributed by atoms with Crippen molar-refractivity contribution < 1.29 is 23.9 Å².